The molecule has 0 aromatic rings. The molecule has 0 saturated carbocycles. The Hall–Kier alpha value is -0.500. The molecule has 0 spiro atoms. The van der Waals surface area contributed by atoms with Crippen molar-refractivity contribution in [1.29, 1.82) is 0 Å². The Kier molecular flexibility index (Phi) is 43.4. The molecule has 0 aromatic heterocycles. The van der Waals surface area contributed by atoms with Crippen LogP contribution >= 0.6 is 7.82 Å². The lowest BCUT2D eigenvalue weighted by Gasteiger charge is -2.26. The average molecular weight is 874 g/mol. The molecule has 0 aliphatic carbocycles. The van der Waals surface area contributed by atoms with E-state index in [2.05, 4.69) is 19.2 Å². The molecule has 0 radical (unpaired) electrons. The zero-order valence-electron chi connectivity index (χ0n) is 41.0. The predicted octanol–water partition coefficient (Wildman–Crippen LogP) is 15.3. The Morgan fingerprint density at radius 1 is 0.500 bits per heavy atom. The second-order valence-electron chi connectivity index (χ2n) is 19.6. The molecule has 0 aliphatic rings. The van der Waals surface area contributed by atoms with Gasteiger partial charge in [-0.25, -0.2) is 4.57 Å². The van der Waals surface area contributed by atoms with E-state index < -0.39 is 20.0 Å². The number of nitrogens with one attached hydrogen (secondary N) is 1. The van der Waals surface area contributed by atoms with Crippen molar-refractivity contribution >= 4 is 13.7 Å². The number of carbonyl (C=O) groups is 1. The summed E-state index contributed by atoms with van der Waals surface area (Å²) in [5.74, 6) is -0.140. The van der Waals surface area contributed by atoms with Gasteiger partial charge in [-0.05, 0) is 12.8 Å². The number of hydrogen-bond donors (Lipinski definition) is 3. The topological polar surface area (TPSA) is 105 Å². The highest BCUT2D eigenvalue weighted by Gasteiger charge is 2.28. The first-order chi connectivity index (χ1) is 29.0. The van der Waals surface area contributed by atoms with Gasteiger partial charge in [-0.3, -0.25) is 13.8 Å². The molecule has 1 amide bonds. The Balaban J connectivity index is 3.97. The van der Waals surface area contributed by atoms with Gasteiger partial charge in [-0.15, -0.1) is 0 Å². The maximum absolute atomic E-state index is 12.9. The van der Waals surface area contributed by atoms with Gasteiger partial charge in [0.05, 0.1) is 39.9 Å². The van der Waals surface area contributed by atoms with Gasteiger partial charge in [-0.2, -0.15) is 0 Å². The summed E-state index contributed by atoms with van der Waals surface area (Å²) in [5.41, 5.74) is 0. The lowest BCUT2D eigenvalue weighted by atomic mass is 10.0. The molecule has 3 N–H and O–H groups in total. The number of likely N-dealkylation sites (N-methyl/N-ethyl adjacent to an activating group) is 1. The van der Waals surface area contributed by atoms with Crippen LogP contribution in [0, 0.1) is 0 Å². The lowest BCUT2D eigenvalue weighted by molar-refractivity contribution is -0.870. The van der Waals surface area contributed by atoms with Crippen molar-refractivity contribution in [3.8, 4) is 0 Å². The molecule has 0 fully saturated rings. The summed E-state index contributed by atoms with van der Waals surface area (Å²) < 4.78 is 23.6. The number of phosphoric acid groups is 1. The number of aliphatic hydroxyl groups is 1. The Bertz CT molecular complexity index is 947. The summed E-state index contributed by atoms with van der Waals surface area (Å²) in [5, 5.41) is 14.0. The van der Waals surface area contributed by atoms with E-state index in [1.54, 1.807) is 0 Å². The first kappa shape index (κ1) is 59.5. The van der Waals surface area contributed by atoms with Crippen LogP contribution in [0.15, 0.2) is 0 Å². The average Bonchev–Trinajstić information content (AvgIpc) is 3.20. The van der Waals surface area contributed by atoms with Gasteiger partial charge in [0, 0.05) is 6.42 Å². The van der Waals surface area contributed by atoms with E-state index in [9.17, 15) is 19.4 Å². The van der Waals surface area contributed by atoms with Gasteiger partial charge >= 0.3 is 7.82 Å². The van der Waals surface area contributed by atoms with E-state index in [0.29, 0.717) is 23.9 Å². The Morgan fingerprint density at radius 2 is 0.800 bits per heavy atom. The normalized spacial score (nSPS) is 14.1. The fourth-order valence-corrected chi connectivity index (χ4v) is 8.90. The quantitative estimate of drug-likeness (QED) is 0.0319. The number of phosphoric ester groups is 1. The minimum Gasteiger partial charge on any atom is -0.391 e. The fourth-order valence-electron chi connectivity index (χ4n) is 8.17. The second-order valence-corrected chi connectivity index (χ2v) is 21.1. The van der Waals surface area contributed by atoms with Crippen LogP contribution in [-0.4, -0.2) is 73.4 Å². The zero-order valence-corrected chi connectivity index (χ0v) is 41.9. The number of aliphatic hydroxyl groups excluding tert-OH is 1. The lowest BCUT2D eigenvalue weighted by Crippen LogP contribution is -2.46. The largest absolute Gasteiger partial charge is 0.472 e. The molecule has 0 bridgehead atoms. The molecule has 0 heterocycles. The number of quaternary nitrogens is 1. The number of amides is 1. The highest BCUT2D eigenvalue weighted by Crippen LogP contribution is 2.43. The summed E-state index contributed by atoms with van der Waals surface area (Å²) in [6, 6.07) is -0.752. The number of carbonyl (C=O) groups excluding carboxylic acids is 1. The summed E-state index contributed by atoms with van der Waals surface area (Å²) in [7, 11) is 1.63. The van der Waals surface area contributed by atoms with Crippen LogP contribution in [-0.2, 0) is 18.4 Å². The first-order valence-electron chi connectivity index (χ1n) is 26.4. The van der Waals surface area contributed by atoms with Crippen LogP contribution in [0.3, 0.4) is 0 Å². The van der Waals surface area contributed by atoms with Crippen molar-refractivity contribution in [2.45, 2.75) is 283 Å². The van der Waals surface area contributed by atoms with Gasteiger partial charge in [-0.1, -0.05) is 251 Å². The van der Waals surface area contributed by atoms with Crippen LogP contribution < -0.4 is 5.32 Å². The minimum absolute atomic E-state index is 0.0785. The number of rotatable bonds is 49. The Labute approximate surface area is 374 Å². The van der Waals surface area contributed by atoms with E-state index >= 15 is 0 Å². The third-order valence-corrected chi connectivity index (χ3v) is 13.3. The summed E-state index contributed by atoms with van der Waals surface area (Å²) >= 11 is 0. The van der Waals surface area contributed by atoms with Gasteiger partial charge in [0.1, 0.15) is 13.2 Å². The third-order valence-electron chi connectivity index (χ3n) is 12.4. The molecule has 360 valence electrons. The molecule has 60 heavy (non-hydrogen) atoms. The summed E-state index contributed by atoms with van der Waals surface area (Å²) in [6.07, 6.45) is 50.2. The first-order valence-corrected chi connectivity index (χ1v) is 27.9. The van der Waals surface area contributed by atoms with Crippen molar-refractivity contribution in [3.63, 3.8) is 0 Å². The van der Waals surface area contributed by atoms with E-state index in [1.165, 1.54) is 205 Å². The number of unbranched alkanes of at least 4 members (excludes halogenated alkanes) is 36. The van der Waals surface area contributed by atoms with Crippen LogP contribution in [0.5, 0.6) is 0 Å². The van der Waals surface area contributed by atoms with E-state index in [1.807, 2.05) is 21.1 Å². The van der Waals surface area contributed by atoms with Crippen molar-refractivity contribution in [1.82, 2.24) is 5.32 Å². The van der Waals surface area contributed by atoms with Crippen LogP contribution in [0.25, 0.3) is 0 Å². The molecule has 1 unspecified atom stereocenters. The molecule has 0 aromatic carbocycles. The third kappa shape index (κ3) is 45.5. The maximum Gasteiger partial charge on any atom is 0.472 e. The predicted molar refractivity (Wildman–Crippen MR) is 259 cm³/mol. The van der Waals surface area contributed by atoms with Gasteiger partial charge in [0.2, 0.25) is 5.91 Å². The molecule has 0 saturated heterocycles. The van der Waals surface area contributed by atoms with Crippen LogP contribution in [0.2, 0.25) is 0 Å². The molecule has 0 rings (SSSR count). The van der Waals surface area contributed by atoms with Crippen molar-refractivity contribution in [3.05, 3.63) is 0 Å². The smallest absolute Gasteiger partial charge is 0.391 e. The van der Waals surface area contributed by atoms with Crippen LogP contribution in [0.4, 0.5) is 0 Å². The van der Waals surface area contributed by atoms with Gasteiger partial charge in [0.15, 0.2) is 0 Å². The number of hydrogen-bond acceptors (Lipinski definition) is 5. The van der Waals surface area contributed by atoms with Gasteiger partial charge < -0.3 is 19.8 Å². The maximum atomic E-state index is 12.9. The summed E-state index contributed by atoms with van der Waals surface area (Å²) in [4.78, 5) is 23.2. The second kappa shape index (κ2) is 43.7. The van der Waals surface area contributed by atoms with Gasteiger partial charge in [0.25, 0.3) is 0 Å². The van der Waals surface area contributed by atoms with Crippen molar-refractivity contribution in [2.24, 2.45) is 0 Å². The summed E-state index contributed by atoms with van der Waals surface area (Å²) in [6.45, 7) is 4.91. The number of nitrogens with zero attached hydrogens (tertiary/aromatic N) is 1. The standard InChI is InChI=1S/C51H105N2O6P/c1-6-8-10-12-14-16-18-19-20-21-22-23-24-25-26-27-28-29-30-31-32-33-34-35-37-39-41-43-45-51(55)52-49(48-59-60(56,57)58-47-46-53(3,4)5)50(54)44-42-40-38-36-17-15-13-11-9-7-2/h49-50,54H,6-48H2,1-5H3,(H-,52,55,56,57)/p+1/t49-,50+/m0/s1. The SMILES string of the molecule is CCCCCCCCCCCCCCCCCCCCCCCCCCCCCCC(=O)N[C@@H](COP(=O)(O)OCC[N+](C)(C)C)[C@H](O)CCCCCCCCCCCC. The molecule has 8 nitrogen and oxygen atoms in total. The molecular formula is C51H106N2O6P+. The Morgan fingerprint density at radius 3 is 1.12 bits per heavy atom. The van der Waals surface area contributed by atoms with Crippen molar-refractivity contribution in [2.75, 3.05) is 40.9 Å². The molecule has 9 heteroatoms. The van der Waals surface area contributed by atoms with Crippen LogP contribution in [0.1, 0.15) is 271 Å². The monoisotopic (exact) mass is 874 g/mol. The molecule has 0 aliphatic heterocycles. The zero-order chi connectivity index (χ0) is 44.3. The van der Waals surface area contributed by atoms with Crippen molar-refractivity contribution < 1.29 is 32.9 Å². The highest BCUT2D eigenvalue weighted by molar-refractivity contribution is 7.47. The molecular weight excluding hydrogens is 768 g/mol. The van der Waals surface area contributed by atoms with E-state index in [4.69, 9.17) is 9.05 Å². The van der Waals surface area contributed by atoms with E-state index in [0.717, 1.165) is 38.5 Å². The highest BCUT2D eigenvalue weighted by atomic mass is 31.2. The van der Waals surface area contributed by atoms with E-state index in [-0.39, 0.29) is 19.1 Å². The molecule has 3 atom stereocenters. The minimum atomic E-state index is -4.31. The fraction of sp³-hybridized carbons (Fsp3) is 0.980.